The maximum atomic E-state index is 3.61. The second kappa shape index (κ2) is 6.35. The monoisotopic (exact) mass is 246 g/mol. The molecule has 18 heavy (non-hydrogen) atoms. The Morgan fingerprint density at radius 2 is 1.94 bits per heavy atom. The van der Waals surface area contributed by atoms with Crippen molar-refractivity contribution in [2.75, 3.05) is 7.05 Å². The fourth-order valence-electron chi connectivity index (χ4n) is 2.16. The molecule has 0 bridgehead atoms. The van der Waals surface area contributed by atoms with E-state index in [1.54, 1.807) is 0 Å². The molecule has 1 aromatic rings. The topological polar surface area (TPSA) is 15.3 Å². The summed E-state index contributed by atoms with van der Waals surface area (Å²) in [5, 5.41) is 3.61. The lowest BCUT2D eigenvalue weighted by Gasteiger charge is -2.24. The van der Waals surface area contributed by atoms with E-state index in [2.05, 4.69) is 55.4 Å². The first-order valence-electron chi connectivity index (χ1n) is 7.21. The van der Waals surface area contributed by atoms with Gasteiger partial charge < -0.3 is 5.32 Å². The average Bonchev–Trinajstić information content (AvgIpc) is 3.20. The summed E-state index contributed by atoms with van der Waals surface area (Å²) in [5.41, 5.74) is 2.92. The molecule has 0 amide bonds. The fraction of sp³-hybridized carbons (Fsp3) is 0.625. The molecule has 0 saturated heterocycles. The minimum atomic E-state index is 0.648. The first-order chi connectivity index (χ1) is 8.70. The maximum Gasteiger partial charge on any atom is 0.0236 e. The van der Waals surface area contributed by atoms with Crippen LogP contribution in [-0.4, -0.2) is 24.0 Å². The Bertz CT molecular complexity index is 371. The Labute approximate surface area is 111 Å². The van der Waals surface area contributed by atoms with Crippen molar-refractivity contribution >= 4 is 0 Å². The number of hydrogen-bond donors (Lipinski definition) is 1. The second-order valence-electron chi connectivity index (χ2n) is 5.60. The third-order valence-electron chi connectivity index (χ3n) is 4.04. The number of nitrogens with zero attached hydrogens (tertiary/aromatic N) is 1. The van der Waals surface area contributed by atoms with E-state index >= 15 is 0 Å². The van der Waals surface area contributed by atoms with Gasteiger partial charge in [-0.05, 0) is 44.4 Å². The van der Waals surface area contributed by atoms with Crippen molar-refractivity contribution in [3.8, 4) is 0 Å². The van der Waals surface area contributed by atoms with Gasteiger partial charge in [-0.3, -0.25) is 4.90 Å². The summed E-state index contributed by atoms with van der Waals surface area (Å²) in [5.74, 6) is 0. The summed E-state index contributed by atoms with van der Waals surface area (Å²) < 4.78 is 0. The molecule has 100 valence electrons. The Morgan fingerprint density at radius 3 is 2.56 bits per heavy atom. The molecular formula is C16H26N2. The van der Waals surface area contributed by atoms with Gasteiger partial charge >= 0.3 is 0 Å². The quantitative estimate of drug-likeness (QED) is 0.795. The van der Waals surface area contributed by atoms with Gasteiger partial charge in [0.2, 0.25) is 0 Å². The van der Waals surface area contributed by atoms with Crippen molar-refractivity contribution < 1.29 is 0 Å². The summed E-state index contributed by atoms with van der Waals surface area (Å²) >= 11 is 0. The maximum absolute atomic E-state index is 3.61. The minimum absolute atomic E-state index is 0.648. The molecule has 0 aromatic heterocycles. The molecule has 1 aliphatic carbocycles. The van der Waals surface area contributed by atoms with E-state index in [-0.39, 0.29) is 0 Å². The molecule has 1 atom stereocenters. The lowest BCUT2D eigenvalue weighted by molar-refractivity contribution is 0.243. The van der Waals surface area contributed by atoms with Crippen molar-refractivity contribution in [1.82, 2.24) is 10.2 Å². The smallest absolute Gasteiger partial charge is 0.0236 e. The molecule has 1 saturated carbocycles. The third kappa shape index (κ3) is 3.82. The van der Waals surface area contributed by atoms with Crippen molar-refractivity contribution in [2.24, 2.45) is 0 Å². The number of hydrogen-bond acceptors (Lipinski definition) is 2. The highest BCUT2D eigenvalue weighted by Gasteiger charge is 2.20. The minimum Gasteiger partial charge on any atom is -0.310 e. The van der Waals surface area contributed by atoms with E-state index in [0.717, 1.165) is 19.1 Å². The van der Waals surface area contributed by atoms with Crippen molar-refractivity contribution in [1.29, 1.82) is 0 Å². The van der Waals surface area contributed by atoms with E-state index in [1.807, 2.05) is 0 Å². The molecule has 1 fully saturated rings. The van der Waals surface area contributed by atoms with Crippen molar-refractivity contribution in [3.05, 3.63) is 35.4 Å². The van der Waals surface area contributed by atoms with Crippen LogP contribution in [0.1, 0.15) is 44.2 Å². The summed E-state index contributed by atoms with van der Waals surface area (Å²) in [4.78, 5) is 2.44. The molecule has 1 unspecified atom stereocenters. The number of benzene rings is 1. The van der Waals surface area contributed by atoms with Gasteiger partial charge in [0.25, 0.3) is 0 Å². The molecule has 2 nitrogen and oxygen atoms in total. The molecule has 1 N–H and O–H groups in total. The van der Waals surface area contributed by atoms with E-state index in [1.165, 1.54) is 30.4 Å². The van der Waals surface area contributed by atoms with Crippen LogP contribution in [0.5, 0.6) is 0 Å². The first-order valence-corrected chi connectivity index (χ1v) is 7.21. The Morgan fingerprint density at radius 1 is 1.28 bits per heavy atom. The predicted molar refractivity (Wildman–Crippen MR) is 77.5 cm³/mol. The van der Waals surface area contributed by atoms with Crippen LogP contribution >= 0.6 is 0 Å². The Balaban J connectivity index is 1.96. The SMILES string of the molecule is CCC(C)N(C)Cc1ccccc1CNC1CC1. The Hall–Kier alpha value is -0.860. The van der Waals surface area contributed by atoms with Crippen molar-refractivity contribution in [2.45, 2.75) is 58.3 Å². The molecule has 1 aromatic carbocycles. The number of nitrogens with one attached hydrogen (secondary N) is 1. The molecule has 0 heterocycles. The molecule has 1 aliphatic rings. The zero-order chi connectivity index (χ0) is 13.0. The highest BCUT2D eigenvalue weighted by Crippen LogP contribution is 2.20. The standard InChI is InChI=1S/C16H26N2/c1-4-13(2)18(3)12-15-8-6-5-7-14(15)11-17-16-9-10-16/h5-8,13,16-17H,4,9-12H2,1-3H3. The molecule has 0 aliphatic heterocycles. The lowest BCUT2D eigenvalue weighted by Crippen LogP contribution is -2.28. The average molecular weight is 246 g/mol. The summed E-state index contributed by atoms with van der Waals surface area (Å²) in [6, 6.07) is 10.3. The van der Waals surface area contributed by atoms with E-state index in [0.29, 0.717) is 6.04 Å². The van der Waals surface area contributed by atoms with Crippen LogP contribution in [0.15, 0.2) is 24.3 Å². The zero-order valence-corrected chi connectivity index (χ0v) is 11.9. The molecule has 2 heteroatoms. The lowest BCUT2D eigenvalue weighted by atomic mass is 10.1. The van der Waals surface area contributed by atoms with Crippen LogP contribution in [0.2, 0.25) is 0 Å². The van der Waals surface area contributed by atoms with Gasteiger partial charge in [-0.1, -0.05) is 31.2 Å². The molecular weight excluding hydrogens is 220 g/mol. The van der Waals surface area contributed by atoms with Gasteiger partial charge in [0, 0.05) is 25.2 Å². The van der Waals surface area contributed by atoms with Gasteiger partial charge in [0.05, 0.1) is 0 Å². The van der Waals surface area contributed by atoms with Gasteiger partial charge in [0.1, 0.15) is 0 Å². The molecule has 0 radical (unpaired) electrons. The fourth-order valence-corrected chi connectivity index (χ4v) is 2.16. The summed E-state index contributed by atoms with van der Waals surface area (Å²) in [7, 11) is 2.22. The van der Waals surface area contributed by atoms with Gasteiger partial charge in [-0.25, -0.2) is 0 Å². The molecule has 2 rings (SSSR count). The van der Waals surface area contributed by atoms with E-state index in [4.69, 9.17) is 0 Å². The number of rotatable bonds is 7. The van der Waals surface area contributed by atoms with Gasteiger partial charge in [0.15, 0.2) is 0 Å². The molecule has 0 spiro atoms. The van der Waals surface area contributed by atoms with Crippen LogP contribution in [-0.2, 0) is 13.1 Å². The second-order valence-corrected chi connectivity index (χ2v) is 5.60. The summed E-state index contributed by atoms with van der Waals surface area (Å²) in [6.45, 7) is 6.62. The van der Waals surface area contributed by atoms with Gasteiger partial charge in [-0.2, -0.15) is 0 Å². The van der Waals surface area contributed by atoms with Gasteiger partial charge in [-0.15, -0.1) is 0 Å². The van der Waals surface area contributed by atoms with Crippen LogP contribution in [0.3, 0.4) is 0 Å². The van der Waals surface area contributed by atoms with E-state index in [9.17, 15) is 0 Å². The third-order valence-corrected chi connectivity index (χ3v) is 4.04. The van der Waals surface area contributed by atoms with Crippen LogP contribution in [0, 0.1) is 0 Å². The summed E-state index contributed by atoms with van der Waals surface area (Å²) in [6.07, 6.45) is 3.92. The largest absolute Gasteiger partial charge is 0.310 e. The first kappa shape index (κ1) is 13.6. The Kier molecular flexibility index (Phi) is 4.79. The van der Waals surface area contributed by atoms with Crippen LogP contribution in [0.25, 0.3) is 0 Å². The van der Waals surface area contributed by atoms with Crippen LogP contribution in [0.4, 0.5) is 0 Å². The predicted octanol–water partition coefficient (Wildman–Crippen LogP) is 3.17. The highest BCUT2D eigenvalue weighted by molar-refractivity contribution is 5.27. The van der Waals surface area contributed by atoms with Crippen molar-refractivity contribution in [3.63, 3.8) is 0 Å². The highest BCUT2D eigenvalue weighted by atomic mass is 15.1. The normalized spacial score (nSPS) is 17.1. The van der Waals surface area contributed by atoms with Crippen LogP contribution < -0.4 is 5.32 Å². The zero-order valence-electron chi connectivity index (χ0n) is 11.9. The van der Waals surface area contributed by atoms with E-state index < -0.39 is 0 Å².